The van der Waals surface area contributed by atoms with Gasteiger partial charge in [0.2, 0.25) is 5.91 Å². The van der Waals surface area contributed by atoms with E-state index in [1.807, 2.05) is 23.1 Å². The molecule has 0 spiro atoms. The Hall–Kier alpha value is -2.40. The Labute approximate surface area is 170 Å². The van der Waals surface area contributed by atoms with Crippen LogP contribution < -0.4 is 4.74 Å². The zero-order valence-corrected chi connectivity index (χ0v) is 17.2. The van der Waals surface area contributed by atoms with Crippen molar-refractivity contribution in [2.75, 3.05) is 13.1 Å². The van der Waals surface area contributed by atoms with Crippen molar-refractivity contribution in [2.45, 2.75) is 45.1 Å². The summed E-state index contributed by atoms with van der Waals surface area (Å²) in [6.07, 6.45) is 2.66. The van der Waals surface area contributed by atoms with Gasteiger partial charge in [0.1, 0.15) is 6.10 Å². The first-order valence-corrected chi connectivity index (χ1v) is 10.8. The zero-order valence-electron chi connectivity index (χ0n) is 16.4. The lowest BCUT2D eigenvalue weighted by Gasteiger charge is -2.33. The molecule has 4 nitrogen and oxygen atoms in total. The van der Waals surface area contributed by atoms with Crippen molar-refractivity contribution < 1.29 is 9.53 Å². The number of para-hydroxylation sites is 1. The summed E-state index contributed by atoms with van der Waals surface area (Å²) in [5.41, 5.74) is 3.32. The number of thiazole rings is 1. The second kappa shape index (κ2) is 8.31. The van der Waals surface area contributed by atoms with Crippen molar-refractivity contribution in [3.05, 3.63) is 59.7 Å². The van der Waals surface area contributed by atoms with Gasteiger partial charge in [0.25, 0.3) is 5.19 Å². The molecule has 0 saturated carbocycles. The third-order valence-electron chi connectivity index (χ3n) is 5.53. The largest absolute Gasteiger partial charge is 0.467 e. The van der Waals surface area contributed by atoms with Crippen LogP contribution in [0.4, 0.5) is 0 Å². The van der Waals surface area contributed by atoms with E-state index in [-0.39, 0.29) is 17.9 Å². The van der Waals surface area contributed by atoms with Crippen molar-refractivity contribution in [2.24, 2.45) is 0 Å². The van der Waals surface area contributed by atoms with Gasteiger partial charge in [0.05, 0.1) is 16.1 Å². The summed E-state index contributed by atoms with van der Waals surface area (Å²) in [5, 5.41) is 0.741. The fourth-order valence-electron chi connectivity index (χ4n) is 3.91. The number of likely N-dealkylation sites (tertiary alicyclic amines) is 1. The molecule has 1 aliphatic heterocycles. The molecular formula is C23H26N2O2S. The average Bonchev–Trinajstić information content (AvgIpc) is 3.14. The number of hydrogen-bond acceptors (Lipinski definition) is 4. The highest BCUT2D eigenvalue weighted by atomic mass is 32.1. The minimum absolute atomic E-state index is 0.0501. The monoisotopic (exact) mass is 394 g/mol. The van der Waals surface area contributed by atoms with Crippen molar-refractivity contribution in [1.29, 1.82) is 0 Å². The van der Waals surface area contributed by atoms with Gasteiger partial charge in [-0.3, -0.25) is 4.79 Å². The highest BCUT2D eigenvalue weighted by Gasteiger charge is 2.29. The van der Waals surface area contributed by atoms with Gasteiger partial charge in [-0.05, 0) is 30.5 Å². The Morgan fingerprint density at radius 1 is 1.18 bits per heavy atom. The van der Waals surface area contributed by atoms with Crippen LogP contribution in [0.25, 0.3) is 10.2 Å². The highest BCUT2D eigenvalue weighted by molar-refractivity contribution is 7.20. The summed E-state index contributed by atoms with van der Waals surface area (Å²) in [4.78, 5) is 19.7. The fraction of sp³-hybridized carbons (Fsp3) is 0.391. The van der Waals surface area contributed by atoms with Gasteiger partial charge >= 0.3 is 0 Å². The normalized spacial score (nSPS) is 16.3. The van der Waals surface area contributed by atoms with Gasteiger partial charge in [-0.2, -0.15) is 0 Å². The van der Waals surface area contributed by atoms with Gasteiger partial charge in [-0.1, -0.05) is 60.7 Å². The smallest absolute Gasteiger partial charge is 0.274 e. The first-order chi connectivity index (χ1) is 13.7. The topological polar surface area (TPSA) is 42.4 Å². The third kappa shape index (κ3) is 3.90. The molecule has 1 amide bonds. The Kier molecular flexibility index (Phi) is 5.62. The van der Waals surface area contributed by atoms with Crippen LogP contribution in [0.3, 0.4) is 0 Å². The number of carbonyl (C=O) groups excluding carboxylic acids is 1. The molecule has 1 atom stereocenters. The molecule has 28 heavy (non-hydrogen) atoms. The molecular weight excluding hydrogens is 368 g/mol. The number of aromatic nitrogens is 1. The number of aryl methyl sites for hydroxylation is 1. The Bertz CT molecular complexity index is 946. The molecule has 1 saturated heterocycles. The zero-order chi connectivity index (χ0) is 19.5. The van der Waals surface area contributed by atoms with Gasteiger partial charge in [0, 0.05) is 25.9 Å². The second-order valence-electron chi connectivity index (χ2n) is 7.42. The van der Waals surface area contributed by atoms with Crippen LogP contribution in [0.1, 0.15) is 43.2 Å². The van der Waals surface area contributed by atoms with Gasteiger partial charge in [0.15, 0.2) is 0 Å². The van der Waals surface area contributed by atoms with E-state index in [1.54, 1.807) is 11.3 Å². The lowest BCUT2D eigenvalue weighted by molar-refractivity contribution is -0.134. The Balaban J connectivity index is 1.37. The maximum atomic E-state index is 13.0. The van der Waals surface area contributed by atoms with Crippen LogP contribution in [0.5, 0.6) is 5.19 Å². The van der Waals surface area contributed by atoms with Crippen molar-refractivity contribution in [3.8, 4) is 5.19 Å². The molecule has 1 aromatic heterocycles. The molecule has 4 rings (SSSR count). The molecule has 5 heteroatoms. The fourth-order valence-corrected chi connectivity index (χ4v) is 4.87. The van der Waals surface area contributed by atoms with E-state index in [0.717, 1.165) is 53.3 Å². The maximum Gasteiger partial charge on any atom is 0.274 e. The predicted octanol–water partition coefficient (Wildman–Crippen LogP) is 5.17. The third-order valence-corrected chi connectivity index (χ3v) is 6.44. The number of ether oxygens (including phenoxy) is 1. The Morgan fingerprint density at radius 3 is 2.61 bits per heavy atom. The van der Waals surface area contributed by atoms with Gasteiger partial charge in [-0.15, -0.1) is 0 Å². The first kappa shape index (κ1) is 18.9. The summed E-state index contributed by atoms with van der Waals surface area (Å²) >= 11 is 1.60. The molecule has 2 heterocycles. The van der Waals surface area contributed by atoms with E-state index in [9.17, 15) is 4.79 Å². The van der Waals surface area contributed by atoms with E-state index in [1.165, 1.54) is 5.56 Å². The van der Waals surface area contributed by atoms with Crippen molar-refractivity contribution in [1.82, 2.24) is 9.88 Å². The van der Waals surface area contributed by atoms with Gasteiger partial charge in [-0.25, -0.2) is 4.98 Å². The number of rotatable bonds is 5. The summed E-state index contributed by atoms with van der Waals surface area (Å²) in [6, 6.07) is 16.3. The van der Waals surface area contributed by atoms with Crippen molar-refractivity contribution in [3.63, 3.8) is 0 Å². The SMILES string of the molecule is CCC(C(=O)N1CCC(Oc2nc3c(C)cccc3s2)CC1)c1ccccc1. The lowest BCUT2D eigenvalue weighted by Crippen LogP contribution is -2.43. The summed E-state index contributed by atoms with van der Waals surface area (Å²) in [5.74, 6) is 0.189. The van der Waals surface area contributed by atoms with Crippen LogP contribution in [-0.4, -0.2) is 35.0 Å². The molecule has 3 aromatic rings. The van der Waals surface area contributed by atoms with Crippen LogP contribution in [0.2, 0.25) is 0 Å². The number of benzene rings is 2. The molecule has 0 aliphatic carbocycles. The summed E-state index contributed by atoms with van der Waals surface area (Å²) < 4.78 is 7.33. The maximum absolute atomic E-state index is 13.0. The quantitative estimate of drug-likeness (QED) is 0.600. The summed E-state index contributed by atoms with van der Waals surface area (Å²) in [6.45, 7) is 5.65. The standard InChI is InChI=1S/C23H26N2O2S/c1-3-19(17-9-5-4-6-10-17)22(26)25-14-12-18(13-15-25)27-23-24-21-16(2)8-7-11-20(21)28-23/h4-11,18-19H,3,12-15H2,1-2H3. The van der Waals surface area contributed by atoms with Crippen LogP contribution in [-0.2, 0) is 4.79 Å². The number of fused-ring (bicyclic) bond motifs is 1. The minimum Gasteiger partial charge on any atom is -0.467 e. The average molecular weight is 395 g/mol. The summed E-state index contributed by atoms with van der Waals surface area (Å²) in [7, 11) is 0. The van der Waals surface area contributed by atoms with Crippen molar-refractivity contribution >= 4 is 27.5 Å². The molecule has 1 fully saturated rings. The predicted molar refractivity (Wildman–Crippen MR) is 114 cm³/mol. The number of nitrogens with zero attached hydrogens (tertiary/aromatic N) is 2. The lowest BCUT2D eigenvalue weighted by atomic mass is 9.94. The number of piperidine rings is 1. The minimum atomic E-state index is -0.0501. The van der Waals surface area contributed by atoms with E-state index in [2.05, 4.69) is 49.2 Å². The van der Waals surface area contributed by atoms with Crippen LogP contribution in [0.15, 0.2) is 48.5 Å². The van der Waals surface area contributed by atoms with E-state index >= 15 is 0 Å². The first-order valence-electron chi connectivity index (χ1n) is 10.0. The Morgan fingerprint density at radius 2 is 1.93 bits per heavy atom. The molecule has 0 N–H and O–H groups in total. The molecule has 0 radical (unpaired) electrons. The molecule has 2 aromatic carbocycles. The number of hydrogen-bond donors (Lipinski definition) is 0. The molecule has 1 aliphatic rings. The van der Waals surface area contributed by atoms with E-state index in [4.69, 9.17) is 4.74 Å². The number of amides is 1. The molecule has 146 valence electrons. The van der Waals surface area contributed by atoms with Gasteiger partial charge < -0.3 is 9.64 Å². The highest BCUT2D eigenvalue weighted by Crippen LogP contribution is 2.32. The molecule has 1 unspecified atom stereocenters. The van der Waals surface area contributed by atoms with E-state index in [0.29, 0.717) is 0 Å². The number of carbonyl (C=O) groups is 1. The van der Waals surface area contributed by atoms with Crippen LogP contribution in [0, 0.1) is 6.92 Å². The second-order valence-corrected chi connectivity index (χ2v) is 8.41. The van der Waals surface area contributed by atoms with E-state index < -0.39 is 0 Å². The molecule has 0 bridgehead atoms. The van der Waals surface area contributed by atoms with Crippen LogP contribution >= 0.6 is 11.3 Å².